The average Bonchev–Trinajstić information content (AvgIpc) is 2.86. The SMILES string of the molecule is CCCOCc1noc(COC2CCNCC2)n1. The van der Waals surface area contributed by atoms with Crippen LogP contribution >= 0.6 is 0 Å². The maximum Gasteiger partial charge on any atom is 0.252 e. The Balaban J connectivity index is 1.69. The third-order valence-corrected chi connectivity index (χ3v) is 2.82. The quantitative estimate of drug-likeness (QED) is 0.740. The van der Waals surface area contributed by atoms with Crippen molar-refractivity contribution < 1.29 is 14.0 Å². The number of piperidine rings is 1. The van der Waals surface area contributed by atoms with E-state index in [-0.39, 0.29) is 0 Å². The van der Waals surface area contributed by atoms with Crippen LogP contribution in [-0.4, -0.2) is 35.9 Å². The zero-order chi connectivity index (χ0) is 12.6. The van der Waals surface area contributed by atoms with E-state index in [0.29, 0.717) is 31.0 Å². The molecule has 1 aromatic heterocycles. The Labute approximate surface area is 107 Å². The summed E-state index contributed by atoms with van der Waals surface area (Å²) in [5, 5.41) is 7.15. The molecule has 1 aliphatic heterocycles. The highest BCUT2D eigenvalue weighted by Crippen LogP contribution is 2.10. The predicted molar refractivity (Wildman–Crippen MR) is 64.9 cm³/mol. The first-order chi connectivity index (χ1) is 8.88. The molecule has 0 radical (unpaired) electrons. The number of aromatic nitrogens is 2. The molecule has 0 aliphatic carbocycles. The van der Waals surface area contributed by atoms with Gasteiger partial charge in [-0.1, -0.05) is 12.1 Å². The molecule has 2 rings (SSSR count). The van der Waals surface area contributed by atoms with Gasteiger partial charge in [0.15, 0.2) is 5.82 Å². The predicted octanol–water partition coefficient (Wildman–Crippen LogP) is 1.26. The van der Waals surface area contributed by atoms with Crippen molar-refractivity contribution in [3.63, 3.8) is 0 Å². The van der Waals surface area contributed by atoms with Gasteiger partial charge in [-0.3, -0.25) is 0 Å². The average molecular weight is 255 g/mol. The van der Waals surface area contributed by atoms with Gasteiger partial charge in [0.25, 0.3) is 5.89 Å². The minimum Gasteiger partial charge on any atom is -0.373 e. The topological polar surface area (TPSA) is 69.4 Å². The molecule has 6 heteroatoms. The van der Waals surface area contributed by atoms with Crippen molar-refractivity contribution in [3.8, 4) is 0 Å². The summed E-state index contributed by atoms with van der Waals surface area (Å²) >= 11 is 0. The smallest absolute Gasteiger partial charge is 0.252 e. The molecule has 1 fully saturated rings. The van der Waals surface area contributed by atoms with E-state index >= 15 is 0 Å². The van der Waals surface area contributed by atoms with E-state index in [1.54, 1.807) is 0 Å². The number of ether oxygens (including phenoxy) is 2. The van der Waals surface area contributed by atoms with E-state index in [1.807, 2.05) is 0 Å². The summed E-state index contributed by atoms with van der Waals surface area (Å²) in [7, 11) is 0. The van der Waals surface area contributed by atoms with Gasteiger partial charge < -0.3 is 19.3 Å². The number of hydrogen-bond donors (Lipinski definition) is 1. The number of nitrogens with one attached hydrogen (secondary N) is 1. The first-order valence-corrected chi connectivity index (χ1v) is 6.60. The van der Waals surface area contributed by atoms with Gasteiger partial charge in [-0.2, -0.15) is 4.98 Å². The Kier molecular flexibility index (Phi) is 5.57. The zero-order valence-electron chi connectivity index (χ0n) is 10.9. The molecule has 6 nitrogen and oxygen atoms in total. The van der Waals surface area contributed by atoms with Gasteiger partial charge in [-0.15, -0.1) is 0 Å². The normalized spacial score (nSPS) is 17.2. The fourth-order valence-electron chi connectivity index (χ4n) is 1.87. The highest BCUT2D eigenvalue weighted by Gasteiger charge is 2.15. The third-order valence-electron chi connectivity index (χ3n) is 2.82. The molecule has 18 heavy (non-hydrogen) atoms. The highest BCUT2D eigenvalue weighted by molar-refractivity contribution is 4.83. The standard InChI is InChI=1S/C12H21N3O3/c1-2-7-16-8-11-14-12(18-15-11)9-17-10-3-5-13-6-4-10/h10,13H,2-9H2,1H3. The molecule has 0 bridgehead atoms. The van der Waals surface area contributed by atoms with Gasteiger partial charge >= 0.3 is 0 Å². The molecule has 1 aromatic rings. The van der Waals surface area contributed by atoms with E-state index in [1.165, 1.54) is 0 Å². The summed E-state index contributed by atoms with van der Waals surface area (Å²) < 4.78 is 16.2. The second-order valence-corrected chi connectivity index (χ2v) is 4.42. The molecule has 0 saturated carbocycles. The summed E-state index contributed by atoms with van der Waals surface area (Å²) in [4.78, 5) is 4.22. The van der Waals surface area contributed by atoms with Crippen LogP contribution in [0.4, 0.5) is 0 Å². The van der Waals surface area contributed by atoms with Gasteiger partial charge in [0.05, 0.1) is 6.10 Å². The molecule has 0 aromatic carbocycles. The van der Waals surface area contributed by atoms with E-state index < -0.39 is 0 Å². The van der Waals surface area contributed by atoms with Crippen molar-refractivity contribution in [2.24, 2.45) is 0 Å². The molecule has 0 atom stereocenters. The lowest BCUT2D eigenvalue weighted by molar-refractivity contribution is 0.00859. The lowest BCUT2D eigenvalue weighted by Crippen LogP contribution is -2.32. The summed E-state index contributed by atoms with van der Waals surface area (Å²) in [6.07, 6.45) is 3.38. The molecule has 1 aliphatic rings. The molecule has 0 amide bonds. The number of hydrogen-bond acceptors (Lipinski definition) is 6. The summed E-state index contributed by atoms with van der Waals surface area (Å²) in [5.74, 6) is 1.12. The van der Waals surface area contributed by atoms with Crippen LogP contribution in [0.25, 0.3) is 0 Å². The summed E-state index contributed by atoms with van der Waals surface area (Å²) in [6, 6.07) is 0. The fourth-order valence-corrected chi connectivity index (χ4v) is 1.87. The maximum absolute atomic E-state index is 5.73. The largest absolute Gasteiger partial charge is 0.373 e. The van der Waals surface area contributed by atoms with Crippen molar-refractivity contribution in [1.29, 1.82) is 0 Å². The number of nitrogens with zero attached hydrogens (tertiary/aromatic N) is 2. The van der Waals surface area contributed by atoms with Crippen LogP contribution in [-0.2, 0) is 22.7 Å². The molecule has 2 heterocycles. The Morgan fingerprint density at radius 2 is 2.17 bits per heavy atom. The monoisotopic (exact) mass is 255 g/mol. The van der Waals surface area contributed by atoms with Crippen molar-refractivity contribution >= 4 is 0 Å². The highest BCUT2D eigenvalue weighted by atomic mass is 16.5. The van der Waals surface area contributed by atoms with Crippen molar-refractivity contribution in [2.75, 3.05) is 19.7 Å². The van der Waals surface area contributed by atoms with E-state index in [0.717, 1.165) is 39.0 Å². The Morgan fingerprint density at radius 3 is 2.94 bits per heavy atom. The van der Waals surface area contributed by atoms with Gasteiger partial charge in [-0.05, 0) is 32.4 Å². The molecule has 1 N–H and O–H groups in total. The lowest BCUT2D eigenvalue weighted by Gasteiger charge is -2.21. The molecule has 102 valence electrons. The van der Waals surface area contributed by atoms with E-state index in [2.05, 4.69) is 22.4 Å². The molecule has 1 saturated heterocycles. The zero-order valence-corrected chi connectivity index (χ0v) is 10.9. The van der Waals surface area contributed by atoms with Crippen LogP contribution in [0.3, 0.4) is 0 Å². The van der Waals surface area contributed by atoms with Crippen molar-refractivity contribution in [1.82, 2.24) is 15.5 Å². The first-order valence-electron chi connectivity index (χ1n) is 6.60. The minimum absolute atomic E-state index is 0.304. The molecular weight excluding hydrogens is 234 g/mol. The van der Waals surface area contributed by atoms with Crippen LogP contribution in [0.5, 0.6) is 0 Å². The van der Waals surface area contributed by atoms with Crippen LogP contribution in [0.15, 0.2) is 4.52 Å². The molecular formula is C12H21N3O3. The summed E-state index contributed by atoms with van der Waals surface area (Å²) in [5.41, 5.74) is 0. The van der Waals surface area contributed by atoms with Gasteiger partial charge in [0.1, 0.15) is 13.2 Å². The Morgan fingerprint density at radius 1 is 1.33 bits per heavy atom. The second-order valence-electron chi connectivity index (χ2n) is 4.42. The molecule has 0 spiro atoms. The second kappa shape index (κ2) is 7.45. The Hall–Kier alpha value is -0.980. The van der Waals surface area contributed by atoms with Gasteiger partial charge in [0.2, 0.25) is 0 Å². The van der Waals surface area contributed by atoms with E-state index in [9.17, 15) is 0 Å². The first kappa shape index (κ1) is 13.5. The Bertz CT molecular complexity index is 337. The third kappa shape index (κ3) is 4.36. The lowest BCUT2D eigenvalue weighted by atomic mass is 10.1. The maximum atomic E-state index is 5.73. The van der Waals surface area contributed by atoms with Crippen LogP contribution in [0, 0.1) is 0 Å². The van der Waals surface area contributed by atoms with E-state index in [4.69, 9.17) is 14.0 Å². The number of rotatable bonds is 7. The van der Waals surface area contributed by atoms with Crippen molar-refractivity contribution in [3.05, 3.63) is 11.7 Å². The van der Waals surface area contributed by atoms with Crippen molar-refractivity contribution in [2.45, 2.75) is 45.5 Å². The summed E-state index contributed by atoms with van der Waals surface area (Å²) in [6.45, 7) is 5.62. The minimum atomic E-state index is 0.304. The van der Waals surface area contributed by atoms with Crippen LogP contribution < -0.4 is 5.32 Å². The van der Waals surface area contributed by atoms with Crippen LogP contribution in [0.2, 0.25) is 0 Å². The van der Waals surface area contributed by atoms with Gasteiger partial charge in [0, 0.05) is 6.61 Å². The molecule has 0 unspecified atom stereocenters. The van der Waals surface area contributed by atoms with Gasteiger partial charge in [-0.25, -0.2) is 0 Å². The fraction of sp³-hybridized carbons (Fsp3) is 0.833. The van der Waals surface area contributed by atoms with Crippen LogP contribution in [0.1, 0.15) is 37.9 Å².